The van der Waals surface area contributed by atoms with Crippen LogP contribution in [0.4, 0.5) is 0 Å². The molecular formula is C16H20O6. The van der Waals surface area contributed by atoms with Crippen LogP contribution in [0.3, 0.4) is 0 Å². The summed E-state index contributed by atoms with van der Waals surface area (Å²) in [5.41, 5.74) is 1.44. The van der Waals surface area contributed by atoms with Crippen LogP contribution in [0.5, 0.6) is 23.0 Å². The first-order chi connectivity index (χ1) is 10.5. The third kappa shape index (κ3) is 4.83. The molecular weight excluding hydrogens is 288 g/mol. The molecule has 2 rings (SSSR count). The van der Waals surface area contributed by atoms with Crippen LogP contribution in [0, 0.1) is 0 Å². The van der Waals surface area contributed by atoms with Crippen LogP contribution in [-0.2, 0) is 13.2 Å². The van der Waals surface area contributed by atoms with Crippen molar-refractivity contribution in [3.05, 3.63) is 47.5 Å². The second-order valence-electron chi connectivity index (χ2n) is 4.33. The number of hydrogen-bond acceptors (Lipinski definition) is 6. The summed E-state index contributed by atoms with van der Waals surface area (Å²) in [5, 5.41) is 35.7. The first kappa shape index (κ1) is 17.6. The third-order valence-electron chi connectivity index (χ3n) is 2.85. The number of aliphatic hydroxyl groups is 2. The fraction of sp³-hybridized carbons (Fsp3) is 0.250. The molecule has 0 fully saturated rings. The summed E-state index contributed by atoms with van der Waals surface area (Å²) in [6.45, 7) is -0.0900. The summed E-state index contributed by atoms with van der Waals surface area (Å²) in [7, 11) is 2.94. The number of rotatable bonds is 4. The van der Waals surface area contributed by atoms with E-state index in [1.54, 1.807) is 24.3 Å². The van der Waals surface area contributed by atoms with Gasteiger partial charge in [-0.3, -0.25) is 0 Å². The van der Waals surface area contributed by atoms with E-state index in [1.807, 2.05) is 0 Å². The SMILES string of the molecule is COc1cc(CO)ccc1O.COc1cc(CO)ccc1O. The highest BCUT2D eigenvalue weighted by atomic mass is 16.5. The van der Waals surface area contributed by atoms with Gasteiger partial charge in [0.15, 0.2) is 23.0 Å². The minimum Gasteiger partial charge on any atom is -0.504 e. The molecule has 0 aromatic heterocycles. The molecule has 4 N–H and O–H groups in total. The first-order valence-corrected chi connectivity index (χ1v) is 6.49. The van der Waals surface area contributed by atoms with Crippen molar-refractivity contribution in [3.63, 3.8) is 0 Å². The normalized spacial score (nSPS) is 9.64. The smallest absolute Gasteiger partial charge is 0.160 e. The van der Waals surface area contributed by atoms with Gasteiger partial charge in [0.2, 0.25) is 0 Å². The molecule has 0 spiro atoms. The Morgan fingerprint density at radius 3 is 1.36 bits per heavy atom. The Morgan fingerprint density at radius 2 is 1.09 bits per heavy atom. The molecule has 0 aliphatic rings. The van der Waals surface area contributed by atoms with Crippen molar-refractivity contribution in [2.45, 2.75) is 13.2 Å². The van der Waals surface area contributed by atoms with E-state index in [1.165, 1.54) is 26.4 Å². The molecule has 6 nitrogen and oxygen atoms in total. The first-order valence-electron chi connectivity index (χ1n) is 6.49. The molecule has 0 saturated carbocycles. The third-order valence-corrected chi connectivity index (χ3v) is 2.85. The lowest BCUT2D eigenvalue weighted by Gasteiger charge is -2.03. The molecule has 0 aliphatic heterocycles. The number of benzene rings is 2. The van der Waals surface area contributed by atoms with Crippen LogP contribution in [0.15, 0.2) is 36.4 Å². The summed E-state index contributed by atoms with van der Waals surface area (Å²) >= 11 is 0. The predicted octanol–water partition coefficient (Wildman–Crippen LogP) is 1.79. The van der Waals surface area contributed by atoms with Gasteiger partial charge in [0.25, 0.3) is 0 Å². The maximum atomic E-state index is 9.12. The van der Waals surface area contributed by atoms with Crippen molar-refractivity contribution in [2.75, 3.05) is 14.2 Å². The van der Waals surface area contributed by atoms with Gasteiger partial charge >= 0.3 is 0 Å². The predicted molar refractivity (Wildman–Crippen MR) is 81.2 cm³/mol. The number of hydrogen-bond donors (Lipinski definition) is 4. The fourth-order valence-electron chi connectivity index (χ4n) is 1.64. The van der Waals surface area contributed by atoms with E-state index in [0.717, 1.165) is 11.1 Å². The van der Waals surface area contributed by atoms with E-state index in [2.05, 4.69) is 0 Å². The maximum Gasteiger partial charge on any atom is 0.160 e. The zero-order valence-corrected chi connectivity index (χ0v) is 12.5. The van der Waals surface area contributed by atoms with Gasteiger partial charge in [-0.2, -0.15) is 0 Å². The van der Waals surface area contributed by atoms with Crippen LogP contribution in [0.25, 0.3) is 0 Å². The van der Waals surface area contributed by atoms with Gasteiger partial charge in [-0.05, 0) is 35.4 Å². The van der Waals surface area contributed by atoms with E-state index in [-0.39, 0.29) is 24.7 Å². The quantitative estimate of drug-likeness (QED) is 0.687. The number of aromatic hydroxyl groups is 2. The van der Waals surface area contributed by atoms with Gasteiger partial charge < -0.3 is 29.9 Å². The lowest BCUT2D eigenvalue weighted by Crippen LogP contribution is -1.87. The van der Waals surface area contributed by atoms with Gasteiger partial charge in [0.05, 0.1) is 27.4 Å². The zero-order valence-electron chi connectivity index (χ0n) is 12.5. The highest BCUT2D eigenvalue weighted by molar-refractivity contribution is 5.42. The molecule has 0 heterocycles. The highest BCUT2D eigenvalue weighted by Gasteiger charge is 2.01. The Morgan fingerprint density at radius 1 is 0.727 bits per heavy atom. The van der Waals surface area contributed by atoms with Gasteiger partial charge in [-0.15, -0.1) is 0 Å². The zero-order chi connectivity index (χ0) is 16.5. The van der Waals surface area contributed by atoms with E-state index in [9.17, 15) is 0 Å². The lowest BCUT2D eigenvalue weighted by atomic mass is 10.2. The number of ether oxygens (including phenoxy) is 2. The Labute approximate surface area is 128 Å². The molecule has 0 atom stereocenters. The standard InChI is InChI=1S/2C8H10O3/c2*1-11-8-4-6(5-9)2-3-7(8)10/h2*2-4,9-10H,5H2,1H3. The number of phenols is 2. The van der Waals surface area contributed by atoms with Crippen molar-refractivity contribution in [1.82, 2.24) is 0 Å². The lowest BCUT2D eigenvalue weighted by molar-refractivity contribution is 0.280. The molecule has 0 bridgehead atoms. The largest absolute Gasteiger partial charge is 0.504 e. The monoisotopic (exact) mass is 308 g/mol. The van der Waals surface area contributed by atoms with Gasteiger partial charge in [-0.25, -0.2) is 0 Å². The van der Waals surface area contributed by atoms with E-state index >= 15 is 0 Å². The van der Waals surface area contributed by atoms with Crippen LogP contribution in [-0.4, -0.2) is 34.6 Å². The second kappa shape index (κ2) is 8.76. The van der Waals surface area contributed by atoms with E-state index in [0.29, 0.717) is 11.5 Å². The molecule has 22 heavy (non-hydrogen) atoms. The van der Waals surface area contributed by atoms with Crippen molar-refractivity contribution < 1.29 is 29.9 Å². The van der Waals surface area contributed by atoms with Gasteiger partial charge in [0, 0.05) is 0 Å². The topological polar surface area (TPSA) is 99.4 Å². The van der Waals surface area contributed by atoms with Crippen LogP contribution < -0.4 is 9.47 Å². The summed E-state index contributed by atoms with van der Waals surface area (Å²) in [6, 6.07) is 9.44. The molecule has 0 aliphatic carbocycles. The van der Waals surface area contributed by atoms with E-state index < -0.39 is 0 Å². The van der Waals surface area contributed by atoms with Crippen molar-refractivity contribution in [3.8, 4) is 23.0 Å². The summed E-state index contributed by atoms with van der Waals surface area (Å²) in [4.78, 5) is 0. The van der Waals surface area contributed by atoms with Crippen molar-refractivity contribution in [1.29, 1.82) is 0 Å². The molecule has 120 valence electrons. The highest BCUT2D eigenvalue weighted by Crippen LogP contribution is 2.26. The van der Waals surface area contributed by atoms with Gasteiger partial charge in [-0.1, -0.05) is 12.1 Å². The number of methoxy groups -OCH3 is 2. The van der Waals surface area contributed by atoms with Crippen molar-refractivity contribution >= 4 is 0 Å². The molecule has 0 unspecified atom stereocenters. The number of aliphatic hydroxyl groups excluding tert-OH is 2. The van der Waals surface area contributed by atoms with Gasteiger partial charge in [0.1, 0.15) is 0 Å². The average Bonchev–Trinajstić information content (AvgIpc) is 2.56. The second-order valence-corrected chi connectivity index (χ2v) is 4.33. The van der Waals surface area contributed by atoms with Crippen LogP contribution >= 0.6 is 0 Å². The Balaban J connectivity index is 0.000000220. The Bertz CT molecular complexity index is 544. The number of phenolic OH excluding ortho intramolecular Hbond substituents is 2. The molecule has 2 aromatic rings. The summed E-state index contributed by atoms with van der Waals surface area (Å²) in [5.74, 6) is 0.947. The average molecular weight is 308 g/mol. The summed E-state index contributed by atoms with van der Waals surface area (Å²) in [6.07, 6.45) is 0. The minimum atomic E-state index is -0.0450. The maximum absolute atomic E-state index is 9.12. The molecule has 2 aromatic carbocycles. The summed E-state index contributed by atoms with van der Waals surface area (Å²) < 4.78 is 9.65. The molecule has 6 heteroatoms. The molecule has 0 radical (unpaired) electrons. The Hall–Kier alpha value is -2.44. The van der Waals surface area contributed by atoms with Crippen LogP contribution in [0.2, 0.25) is 0 Å². The molecule has 0 amide bonds. The minimum absolute atomic E-state index is 0.0450. The van der Waals surface area contributed by atoms with Crippen molar-refractivity contribution in [2.24, 2.45) is 0 Å². The molecule has 0 saturated heterocycles. The fourth-order valence-corrected chi connectivity index (χ4v) is 1.64. The van der Waals surface area contributed by atoms with E-state index in [4.69, 9.17) is 29.9 Å². The van der Waals surface area contributed by atoms with Crippen LogP contribution in [0.1, 0.15) is 11.1 Å². The Kier molecular flexibility index (Phi) is 7.01.